The summed E-state index contributed by atoms with van der Waals surface area (Å²) in [7, 11) is 1.35. The number of esters is 1. The predicted molar refractivity (Wildman–Crippen MR) is 98.2 cm³/mol. The minimum Gasteiger partial charge on any atom is -0.468 e. The molecule has 5 nitrogen and oxygen atoms in total. The van der Waals surface area contributed by atoms with Crippen molar-refractivity contribution in [3.63, 3.8) is 0 Å². The molecule has 1 heterocycles. The summed E-state index contributed by atoms with van der Waals surface area (Å²) in [5.41, 5.74) is 1.19. The molecule has 1 N–H and O–H groups in total. The molecule has 0 radical (unpaired) electrons. The number of halogens is 1. The Hall–Kier alpha value is -2.12. The topological polar surface area (TPSA) is 72.0 Å². The van der Waals surface area contributed by atoms with E-state index in [1.165, 1.54) is 18.9 Å². The first-order valence-corrected chi connectivity index (χ1v) is 8.85. The largest absolute Gasteiger partial charge is 0.468 e. The van der Waals surface area contributed by atoms with Crippen LogP contribution in [0.25, 0.3) is 22.3 Å². The van der Waals surface area contributed by atoms with E-state index in [0.717, 1.165) is 14.9 Å². The molecule has 122 valence electrons. The van der Waals surface area contributed by atoms with Gasteiger partial charge in [-0.3, -0.25) is 9.59 Å². The Balaban J connectivity index is 2.08. The zero-order chi connectivity index (χ0) is 17.1. The van der Waals surface area contributed by atoms with Gasteiger partial charge in [-0.2, -0.15) is 0 Å². The van der Waals surface area contributed by atoms with Gasteiger partial charge in [0.1, 0.15) is 5.82 Å². The molecular weight excluding hydrogens is 392 g/mol. The molecule has 0 aliphatic rings. The minimum atomic E-state index is -0.314. The Labute approximate surface area is 150 Å². The molecule has 3 rings (SSSR count). The van der Waals surface area contributed by atoms with E-state index in [-0.39, 0.29) is 17.3 Å². The van der Waals surface area contributed by atoms with Crippen LogP contribution in [0.4, 0.5) is 0 Å². The number of aromatic amines is 1. The summed E-state index contributed by atoms with van der Waals surface area (Å²) >= 11 is 4.76. The van der Waals surface area contributed by atoms with Crippen LogP contribution in [-0.4, -0.2) is 28.8 Å². The lowest BCUT2D eigenvalue weighted by molar-refractivity contribution is -0.137. The van der Waals surface area contributed by atoms with Crippen LogP contribution in [0.3, 0.4) is 0 Å². The standard InChI is InChI=1S/C17H13BrN2O3S/c1-23-15(21)9-24-14-8-10(18)6-7-12(14)16-19-13-5-3-2-4-11(13)17(22)20-16/h2-8H,9H2,1H3,(H,19,20,22). The number of rotatable bonds is 4. The highest BCUT2D eigenvalue weighted by Crippen LogP contribution is 2.32. The first-order valence-electron chi connectivity index (χ1n) is 7.07. The van der Waals surface area contributed by atoms with E-state index in [1.807, 2.05) is 24.3 Å². The Kier molecular flexibility index (Phi) is 5.01. The number of nitrogens with one attached hydrogen (secondary N) is 1. The van der Waals surface area contributed by atoms with Crippen molar-refractivity contribution in [1.82, 2.24) is 9.97 Å². The number of methoxy groups -OCH3 is 1. The van der Waals surface area contributed by atoms with Gasteiger partial charge in [-0.15, -0.1) is 11.8 Å². The molecule has 2 aromatic carbocycles. The summed E-state index contributed by atoms with van der Waals surface area (Å²) in [5.74, 6) is 0.335. The normalized spacial score (nSPS) is 10.8. The van der Waals surface area contributed by atoms with E-state index in [2.05, 4.69) is 30.6 Å². The smallest absolute Gasteiger partial charge is 0.315 e. The molecule has 0 aliphatic heterocycles. The Bertz CT molecular complexity index is 971. The van der Waals surface area contributed by atoms with Crippen molar-refractivity contribution < 1.29 is 9.53 Å². The van der Waals surface area contributed by atoms with Crippen molar-refractivity contribution in [3.05, 3.63) is 57.3 Å². The Morgan fingerprint density at radius 2 is 2.08 bits per heavy atom. The zero-order valence-electron chi connectivity index (χ0n) is 12.7. The SMILES string of the molecule is COC(=O)CSc1cc(Br)ccc1-c1nc2ccccc2c(=O)[nH]1. The fourth-order valence-electron chi connectivity index (χ4n) is 2.22. The van der Waals surface area contributed by atoms with E-state index in [4.69, 9.17) is 0 Å². The average molecular weight is 405 g/mol. The first kappa shape index (κ1) is 16.7. The molecule has 0 fully saturated rings. The van der Waals surface area contributed by atoms with Gasteiger partial charge in [0.25, 0.3) is 5.56 Å². The number of benzene rings is 2. The van der Waals surface area contributed by atoms with Crippen molar-refractivity contribution in [3.8, 4) is 11.4 Å². The molecule has 3 aromatic rings. The molecule has 0 spiro atoms. The van der Waals surface area contributed by atoms with Gasteiger partial charge in [-0.05, 0) is 30.3 Å². The molecule has 0 unspecified atom stereocenters. The maximum absolute atomic E-state index is 12.3. The number of carbonyl (C=O) groups excluding carboxylic acids is 1. The van der Waals surface area contributed by atoms with Crippen molar-refractivity contribution in [1.29, 1.82) is 0 Å². The summed E-state index contributed by atoms with van der Waals surface area (Å²) in [6, 6.07) is 12.8. The van der Waals surface area contributed by atoms with Crippen molar-refractivity contribution in [2.75, 3.05) is 12.9 Å². The lowest BCUT2D eigenvalue weighted by atomic mass is 10.2. The third kappa shape index (κ3) is 3.52. The number of para-hydroxylation sites is 1. The van der Waals surface area contributed by atoms with Gasteiger partial charge < -0.3 is 9.72 Å². The fourth-order valence-corrected chi connectivity index (χ4v) is 3.66. The van der Waals surface area contributed by atoms with Gasteiger partial charge in [0, 0.05) is 14.9 Å². The minimum absolute atomic E-state index is 0.178. The van der Waals surface area contributed by atoms with Gasteiger partial charge >= 0.3 is 5.97 Å². The molecule has 7 heteroatoms. The van der Waals surface area contributed by atoms with Crippen LogP contribution in [0.15, 0.2) is 56.6 Å². The zero-order valence-corrected chi connectivity index (χ0v) is 15.1. The fraction of sp³-hybridized carbons (Fsp3) is 0.118. The number of hydrogen-bond acceptors (Lipinski definition) is 5. The van der Waals surface area contributed by atoms with Gasteiger partial charge in [-0.1, -0.05) is 28.1 Å². The molecule has 0 aliphatic carbocycles. The monoisotopic (exact) mass is 404 g/mol. The second kappa shape index (κ2) is 7.19. The Morgan fingerprint density at radius 1 is 1.29 bits per heavy atom. The summed E-state index contributed by atoms with van der Waals surface area (Å²) in [5, 5.41) is 0.544. The maximum atomic E-state index is 12.3. The summed E-state index contributed by atoms with van der Waals surface area (Å²) < 4.78 is 5.56. The lowest BCUT2D eigenvalue weighted by Gasteiger charge is -2.09. The summed E-state index contributed by atoms with van der Waals surface area (Å²) in [4.78, 5) is 31.9. The summed E-state index contributed by atoms with van der Waals surface area (Å²) in [6.45, 7) is 0. The first-order chi connectivity index (χ1) is 11.6. The third-order valence-electron chi connectivity index (χ3n) is 3.38. The van der Waals surface area contributed by atoms with E-state index in [0.29, 0.717) is 16.7 Å². The van der Waals surface area contributed by atoms with Crippen LogP contribution in [0.2, 0.25) is 0 Å². The van der Waals surface area contributed by atoms with Gasteiger partial charge in [0.2, 0.25) is 0 Å². The number of ether oxygens (including phenoxy) is 1. The average Bonchev–Trinajstić information content (AvgIpc) is 2.59. The number of H-pyrrole nitrogens is 1. The molecule has 1 aromatic heterocycles. The van der Waals surface area contributed by atoms with Crippen molar-refractivity contribution in [2.45, 2.75) is 4.90 Å². The lowest BCUT2D eigenvalue weighted by Crippen LogP contribution is -2.10. The van der Waals surface area contributed by atoms with Crippen LogP contribution in [0.1, 0.15) is 0 Å². The van der Waals surface area contributed by atoms with Crippen molar-refractivity contribution in [2.24, 2.45) is 0 Å². The van der Waals surface area contributed by atoms with Crippen LogP contribution < -0.4 is 5.56 Å². The van der Waals surface area contributed by atoms with Gasteiger partial charge in [0.15, 0.2) is 0 Å². The molecule has 0 saturated carbocycles. The van der Waals surface area contributed by atoms with Gasteiger partial charge in [-0.25, -0.2) is 4.98 Å². The number of nitrogens with zero attached hydrogens (tertiary/aromatic N) is 1. The number of hydrogen-bond donors (Lipinski definition) is 1. The molecular formula is C17H13BrN2O3S. The number of fused-ring (bicyclic) bond motifs is 1. The highest BCUT2D eigenvalue weighted by molar-refractivity contribution is 9.10. The quantitative estimate of drug-likeness (QED) is 0.530. The van der Waals surface area contributed by atoms with E-state index >= 15 is 0 Å². The van der Waals surface area contributed by atoms with Crippen LogP contribution >= 0.6 is 27.7 Å². The number of thioether (sulfide) groups is 1. The predicted octanol–water partition coefficient (Wildman–Crippen LogP) is 3.62. The van der Waals surface area contributed by atoms with E-state index in [9.17, 15) is 9.59 Å². The number of carbonyl (C=O) groups is 1. The van der Waals surface area contributed by atoms with Crippen molar-refractivity contribution >= 4 is 44.6 Å². The third-order valence-corrected chi connectivity index (χ3v) is 4.91. The highest BCUT2D eigenvalue weighted by atomic mass is 79.9. The molecule has 0 bridgehead atoms. The van der Waals surface area contributed by atoms with Crippen LogP contribution in [0.5, 0.6) is 0 Å². The van der Waals surface area contributed by atoms with E-state index in [1.54, 1.807) is 18.2 Å². The second-order valence-electron chi connectivity index (χ2n) is 4.94. The summed E-state index contributed by atoms with van der Waals surface area (Å²) in [6.07, 6.45) is 0. The van der Waals surface area contributed by atoms with Gasteiger partial charge in [0.05, 0.1) is 23.8 Å². The molecule has 0 saturated heterocycles. The molecule has 0 atom stereocenters. The van der Waals surface area contributed by atoms with E-state index < -0.39 is 0 Å². The maximum Gasteiger partial charge on any atom is 0.315 e. The number of aromatic nitrogens is 2. The molecule has 24 heavy (non-hydrogen) atoms. The highest BCUT2D eigenvalue weighted by Gasteiger charge is 2.12. The second-order valence-corrected chi connectivity index (χ2v) is 6.87. The van der Waals surface area contributed by atoms with Crippen LogP contribution in [0, 0.1) is 0 Å². The molecule has 0 amide bonds. The van der Waals surface area contributed by atoms with Crippen LogP contribution in [-0.2, 0) is 9.53 Å². The Morgan fingerprint density at radius 3 is 2.88 bits per heavy atom.